The van der Waals surface area contributed by atoms with E-state index in [-0.39, 0.29) is 0 Å². The number of hydrogen-bond acceptors (Lipinski definition) is 2. The molecule has 0 saturated carbocycles. The maximum atomic E-state index is 4.88. The summed E-state index contributed by atoms with van der Waals surface area (Å²) in [6.07, 6.45) is 0. The van der Waals surface area contributed by atoms with E-state index in [9.17, 15) is 0 Å². The Labute approximate surface area is 288 Å². The summed E-state index contributed by atoms with van der Waals surface area (Å²) in [6, 6.07) is 28.0. The van der Waals surface area contributed by atoms with Gasteiger partial charge in [0, 0.05) is 22.8 Å². The molecule has 6 aromatic rings. The zero-order valence-corrected chi connectivity index (χ0v) is 30.8. The van der Waals surface area contributed by atoms with Crippen LogP contribution >= 0.6 is 0 Å². The molecule has 0 atom stereocenters. The highest BCUT2D eigenvalue weighted by molar-refractivity contribution is 5.88. The third-order valence-corrected chi connectivity index (χ3v) is 10.8. The van der Waals surface area contributed by atoms with Gasteiger partial charge >= 0.3 is 0 Å². The third kappa shape index (κ3) is 6.01. The monoisotopic (exact) mass is 628 g/mol. The molecule has 2 heterocycles. The van der Waals surface area contributed by atoms with Crippen molar-refractivity contribution < 1.29 is 0 Å². The predicted octanol–water partition coefficient (Wildman–Crippen LogP) is 12.5. The van der Waals surface area contributed by atoms with E-state index in [1.54, 1.807) is 0 Å². The Morgan fingerprint density at radius 1 is 0.271 bits per heavy atom. The maximum absolute atomic E-state index is 4.88. The molecule has 6 rings (SSSR count). The van der Waals surface area contributed by atoms with Crippen LogP contribution in [0.2, 0.25) is 0 Å². The van der Waals surface area contributed by atoms with E-state index >= 15 is 0 Å². The molecule has 0 aliphatic heterocycles. The maximum Gasteiger partial charge on any atom is 0.0411 e. The van der Waals surface area contributed by atoms with Crippen LogP contribution in [-0.4, -0.2) is 9.97 Å². The van der Waals surface area contributed by atoms with E-state index in [0.717, 1.165) is 22.8 Å². The zero-order valence-electron chi connectivity index (χ0n) is 30.8. The van der Waals surface area contributed by atoms with Crippen LogP contribution < -0.4 is 0 Å². The molecular weight excluding hydrogens is 581 g/mol. The van der Waals surface area contributed by atoms with Crippen molar-refractivity contribution in [2.45, 2.75) is 83.1 Å². The lowest BCUT2D eigenvalue weighted by Gasteiger charge is -2.20. The fourth-order valence-corrected chi connectivity index (χ4v) is 7.04. The van der Waals surface area contributed by atoms with E-state index in [0.29, 0.717) is 0 Å². The number of rotatable bonds is 5. The Morgan fingerprint density at radius 3 is 0.854 bits per heavy atom. The SMILES string of the molecule is Cc1ccc(-c2cc(-c3cc(-c4c(C)c(C)nc(C)c4C)cc(-c4c(C)c(C)nc(C)c4C)c3)cc(-c3ccc(C)c(C)c3)c2)cc1C. The number of benzene rings is 4. The lowest BCUT2D eigenvalue weighted by Crippen LogP contribution is -2.02. The van der Waals surface area contributed by atoms with Crippen molar-refractivity contribution in [1.29, 1.82) is 0 Å². The Morgan fingerprint density at radius 2 is 0.542 bits per heavy atom. The fraction of sp³-hybridized carbons (Fsp3) is 0.261. The summed E-state index contributed by atoms with van der Waals surface area (Å²) >= 11 is 0. The first-order valence-corrected chi connectivity index (χ1v) is 17.1. The topological polar surface area (TPSA) is 25.8 Å². The molecule has 0 bridgehead atoms. The molecule has 0 N–H and O–H groups in total. The minimum Gasteiger partial charge on any atom is -0.258 e. The van der Waals surface area contributed by atoms with E-state index in [1.807, 2.05) is 0 Å². The van der Waals surface area contributed by atoms with Crippen LogP contribution in [-0.2, 0) is 0 Å². The van der Waals surface area contributed by atoms with Crippen molar-refractivity contribution in [3.63, 3.8) is 0 Å². The highest BCUT2D eigenvalue weighted by Gasteiger charge is 2.19. The van der Waals surface area contributed by atoms with Crippen molar-refractivity contribution in [1.82, 2.24) is 9.97 Å². The Hall–Kier alpha value is -4.82. The highest BCUT2D eigenvalue weighted by atomic mass is 14.7. The van der Waals surface area contributed by atoms with Crippen LogP contribution in [0, 0.1) is 83.1 Å². The molecule has 0 aliphatic carbocycles. The van der Waals surface area contributed by atoms with Gasteiger partial charge in [0.05, 0.1) is 0 Å². The number of aryl methyl sites for hydroxylation is 8. The number of hydrogen-bond donors (Lipinski definition) is 0. The number of nitrogens with zero attached hydrogens (tertiary/aromatic N) is 2. The third-order valence-electron chi connectivity index (χ3n) is 10.8. The second kappa shape index (κ2) is 12.7. The van der Waals surface area contributed by atoms with Gasteiger partial charge in [-0.05, 0) is 220 Å². The Balaban J connectivity index is 1.70. The Kier molecular flexibility index (Phi) is 8.73. The summed E-state index contributed by atoms with van der Waals surface area (Å²) in [4.78, 5) is 9.76. The van der Waals surface area contributed by atoms with E-state index < -0.39 is 0 Å². The van der Waals surface area contributed by atoms with E-state index in [4.69, 9.17) is 9.97 Å². The minimum absolute atomic E-state index is 1.08. The molecule has 0 unspecified atom stereocenters. The van der Waals surface area contributed by atoms with E-state index in [2.05, 4.69) is 156 Å². The molecule has 0 radical (unpaired) electrons. The standard InChI is InChI=1S/C46H48N2/c1-25-13-15-37(17-27(25)3)39-19-40(38-16-14-26(2)28(4)18-38)21-41(20-39)42-22-43(45-29(5)33(9)47-34(10)30(45)6)24-44(23-42)46-31(7)35(11)48-36(12)32(46)8/h13-24H,1-12H3. The first kappa shape index (κ1) is 33.1. The van der Waals surface area contributed by atoms with Crippen molar-refractivity contribution >= 4 is 0 Å². The second-order valence-electron chi connectivity index (χ2n) is 14.0. The average molecular weight is 629 g/mol. The minimum atomic E-state index is 1.08. The molecule has 48 heavy (non-hydrogen) atoms. The molecule has 0 fully saturated rings. The normalized spacial score (nSPS) is 11.3. The molecule has 0 aliphatic rings. The van der Waals surface area contributed by atoms with Crippen LogP contribution in [0.3, 0.4) is 0 Å². The quantitative estimate of drug-likeness (QED) is 0.190. The van der Waals surface area contributed by atoms with Crippen molar-refractivity contribution in [3.8, 4) is 55.6 Å². The van der Waals surface area contributed by atoms with Crippen molar-refractivity contribution in [3.05, 3.63) is 140 Å². The van der Waals surface area contributed by atoms with Gasteiger partial charge in [-0.1, -0.05) is 36.4 Å². The summed E-state index contributed by atoms with van der Waals surface area (Å²) in [6.45, 7) is 26.1. The second-order valence-corrected chi connectivity index (χ2v) is 14.0. The summed E-state index contributed by atoms with van der Waals surface area (Å²) in [5.74, 6) is 0. The summed E-state index contributed by atoms with van der Waals surface area (Å²) in [7, 11) is 0. The molecule has 0 saturated heterocycles. The first-order chi connectivity index (χ1) is 22.7. The van der Waals surface area contributed by atoms with Crippen molar-refractivity contribution in [2.75, 3.05) is 0 Å². The van der Waals surface area contributed by atoms with Crippen molar-refractivity contribution in [2.24, 2.45) is 0 Å². The average Bonchev–Trinajstić information content (AvgIpc) is 3.05. The fourth-order valence-electron chi connectivity index (χ4n) is 7.04. The van der Waals surface area contributed by atoms with Crippen LogP contribution in [0.5, 0.6) is 0 Å². The number of pyridine rings is 2. The van der Waals surface area contributed by atoms with Gasteiger partial charge in [0.2, 0.25) is 0 Å². The van der Waals surface area contributed by atoms with Crippen LogP contribution in [0.25, 0.3) is 55.6 Å². The van der Waals surface area contributed by atoms with Gasteiger partial charge in [-0.2, -0.15) is 0 Å². The van der Waals surface area contributed by atoms with Gasteiger partial charge in [-0.3, -0.25) is 9.97 Å². The molecular formula is C46H48N2. The lowest BCUT2D eigenvalue weighted by molar-refractivity contribution is 1.06. The van der Waals surface area contributed by atoms with Crippen LogP contribution in [0.4, 0.5) is 0 Å². The first-order valence-electron chi connectivity index (χ1n) is 17.1. The van der Waals surface area contributed by atoms with Gasteiger partial charge in [-0.15, -0.1) is 0 Å². The molecule has 242 valence electrons. The predicted molar refractivity (Wildman–Crippen MR) is 206 cm³/mol. The molecule has 0 spiro atoms. The van der Waals surface area contributed by atoms with Gasteiger partial charge in [0.1, 0.15) is 0 Å². The zero-order chi connectivity index (χ0) is 34.6. The molecule has 4 aromatic carbocycles. The molecule has 2 nitrogen and oxygen atoms in total. The van der Waals surface area contributed by atoms with Gasteiger partial charge in [0.15, 0.2) is 0 Å². The lowest BCUT2D eigenvalue weighted by atomic mass is 9.85. The number of aromatic nitrogens is 2. The molecule has 0 amide bonds. The van der Waals surface area contributed by atoms with Crippen LogP contribution in [0.1, 0.15) is 67.3 Å². The largest absolute Gasteiger partial charge is 0.258 e. The van der Waals surface area contributed by atoms with Gasteiger partial charge in [-0.25, -0.2) is 0 Å². The molecule has 2 aromatic heterocycles. The van der Waals surface area contributed by atoms with Gasteiger partial charge < -0.3 is 0 Å². The smallest absolute Gasteiger partial charge is 0.0411 e. The van der Waals surface area contributed by atoms with Crippen LogP contribution in [0.15, 0.2) is 72.8 Å². The highest BCUT2D eigenvalue weighted by Crippen LogP contribution is 2.41. The summed E-state index contributed by atoms with van der Waals surface area (Å²) in [5.41, 5.74) is 26.8. The summed E-state index contributed by atoms with van der Waals surface area (Å²) < 4.78 is 0. The Bertz CT molecular complexity index is 2050. The summed E-state index contributed by atoms with van der Waals surface area (Å²) in [5, 5.41) is 0. The molecule has 2 heteroatoms. The van der Waals surface area contributed by atoms with E-state index in [1.165, 1.54) is 100 Å². The van der Waals surface area contributed by atoms with Gasteiger partial charge in [0.25, 0.3) is 0 Å².